The molecule has 0 aromatic heterocycles. The smallest absolute Gasteiger partial charge is 0.240 e. The van der Waals surface area contributed by atoms with Gasteiger partial charge >= 0.3 is 0 Å². The van der Waals surface area contributed by atoms with Gasteiger partial charge in [-0.1, -0.05) is 74.8 Å². The van der Waals surface area contributed by atoms with E-state index in [1.807, 2.05) is 46.2 Å². The number of hydrogen-bond acceptors (Lipinski definition) is 5. The molecule has 0 radical (unpaired) electrons. The van der Waals surface area contributed by atoms with Crippen molar-refractivity contribution in [1.29, 1.82) is 0 Å². The second-order valence-electron chi connectivity index (χ2n) is 13.2. The normalized spacial score (nSPS) is 27.7. The summed E-state index contributed by atoms with van der Waals surface area (Å²) in [6.45, 7) is 15.0. The Bertz CT molecular complexity index is 1180. The van der Waals surface area contributed by atoms with Gasteiger partial charge in [0.2, 0.25) is 11.8 Å². The third-order valence-electron chi connectivity index (χ3n) is 8.76. The number of nitrogens with one attached hydrogen (secondary N) is 1. The van der Waals surface area contributed by atoms with Gasteiger partial charge in [0.1, 0.15) is 0 Å². The first-order valence-electron chi connectivity index (χ1n) is 15.2. The van der Waals surface area contributed by atoms with Crippen LogP contribution in [0.2, 0.25) is 5.02 Å². The van der Waals surface area contributed by atoms with Crippen molar-refractivity contribution in [3.63, 3.8) is 0 Å². The summed E-state index contributed by atoms with van der Waals surface area (Å²) < 4.78 is 0. The highest BCUT2D eigenvalue weighted by Gasteiger charge is 2.56. The number of amides is 2. The first-order valence-corrected chi connectivity index (χ1v) is 15.9. The summed E-state index contributed by atoms with van der Waals surface area (Å²) in [5, 5.41) is 4.90. The third-order valence-corrected chi connectivity index (χ3v) is 9.25. The molecule has 7 nitrogen and oxygen atoms in total. The summed E-state index contributed by atoms with van der Waals surface area (Å²) in [6, 6.07) is 7.10. The van der Waals surface area contributed by atoms with Crippen LogP contribution in [0.25, 0.3) is 0 Å². The molecule has 42 heavy (non-hydrogen) atoms. The van der Waals surface area contributed by atoms with Crippen LogP contribution in [0.3, 0.4) is 0 Å². The molecule has 4 rings (SSSR count). The highest BCUT2D eigenvalue weighted by Crippen LogP contribution is 2.45. The van der Waals surface area contributed by atoms with E-state index in [9.17, 15) is 9.59 Å². The lowest BCUT2D eigenvalue weighted by atomic mass is 9.70. The van der Waals surface area contributed by atoms with E-state index in [2.05, 4.69) is 37.6 Å². The molecule has 0 spiro atoms. The van der Waals surface area contributed by atoms with Crippen LogP contribution in [-0.2, 0) is 9.59 Å². The van der Waals surface area contributed by atoms with Gasteiger partial charge in [-0.3, -0.25) is 14.5 Å². The Labute approximate surface area is 261 Å². The Morgan fingerprint density at radius 3 is 2.43 bits per heavy atom. The number of halogens is 2. The Morgan fingerprint density at radius 2 is 1.81 bits per heavy atom. The van der Waals surface area contributed by atoms with Gasteiger partial charge < -0.3 is 20.9 Å². The molecule has 4 atom stereocenters. The molecule has 3 fully saturated rings. The second-order valence-corrected chi connectivity index (χ2v) is 14.1. The van der Waals surface area contributed by atoms with Crippen molar-refractivity contribution in [3.8, 4) is 0 Å². The number of benzene rings is 1. The van der Waals surface area contributed by atoms with Crippen LogP contribution in [0, 0.1) is 5.41 Å². The molecule has 1 aromatic rings. The molecule has 3 saturated heterocycles. The topological polar surface area (TPSA) is 81.9 Å². The van der Waals surface area contributed by atoms with Crippen LogP contribution < -0.4 is 11.1 Å². The second kappa shape index (κ2) is 14.1. The van der Waals surface area contributed by atoms with E-state index in [1.54, 1.807) is 12.2 Å². The van der Waals surface area contributed by atoms with E-state index in [0.29, 0.717) is 49.2 Å². The monoisotopic (exact) mass is 615 g/mol. The molecule has 0 saturated carbocycles. The fourth-order valence-corrected chi connectivity index (χ4v) is 7.04. The van der Waals surface area contributed by atoms with Gasteiger partial charge in [0.05, 0.1) is 12.6 Å². The van der Waals surface area contributed by atoms with Crippen LogP contribution in [-0.4, -0.2) is 89.9 Å². The molecular formula is C33H47Cl2N5O2. The average molecular weight is 617 g/mol. The van der Waals surface area contributed by atoms with Crippen LogP contribution in [0.1, 0.15) is 57.9 Å². The zero-order chi connectivity index (χ0) is 30.5. The molecular weight excluding hydrogens is 569 g/mol. The van der Waals surface area contributed by atoms with Crippen molar-refractivity contribution in [2.45, 2.75) is 70.0 Å². The first kappa shape index (κ1) is 32.7. The number of carbonyl (C=O) groups excluding carboxylic acids is 2. The molecule has 2 amide bonds. The molecule has 3 heterocycles. The van der Waals surface area contributed by atoms with Crippen molar-refractivity contribution in [2.24, 2.45) is 11.1 Å². The highest BCUT2D eigenvalue weighted by atomic mass is 35.5. The van der Waals surface area contributed by atoms with Crippen LogP contribution in [0.4, 0.5) is 0 Å². The number of hydrogen-bond donors (Lipinski definition) is 2. The molecule has 3 N–H and O–H groups in total. The lowest BCUT2D eigenvalue weighted by Crippen LogP contribution is -2.56. The van der Waals surface area contributed by atoms with Gasteiger partial charge in [0.25, 0.3) is 0 Å². The molecule has 0 aliphatic carbocycles. The summed E-state index contributed by atoms with van der Waals surface area (Å²) >= 11 is 12.8. The highest BCUT2D eigenvalue weighted by molar-refractivity contribution is 6.31. The number of allylic oxidation sites excluding steroid dienone is 4. The van der Waals surface area contributed by atoms with E-state index < -0.39 is 11.6 Å². The van der Waals surface area contributed by atoms with Crippen LogP contribution in [0.5, 0.6) is 0 Å². The first-order chi connectivity index (χ1) is 19.9. The van der Waals surface area contributed by atoms with Gasteiger partial charge in [-0.25, -0.2) is 0 Å². The Kier molecular flexibility index (Phi) is 11.0. The molecule has 9 heteroatoms. The van der Waals surface area contributed by atoms with Crippen LogP contribution in [0.15, 0.2) is 60.2 Å². The van der Waals surface area contributed by atoms with E-state index in [1.165, 1.54) is 0 Å². The van der Waals surface area contributed by atoms with Gasteiger partial charge in [-0.15, -0.1) is 0 Å². The van der Waals surface area contributed by atoms with Crippen LogP contribution >= 0.6 is 23.2 Å². The maximum absolute atomic E-state index is 14.3. The molecule has 230 valence electrons. The van der Waals surface area contributed by atoms with Crippen molar-refractivity contribution in [3.05, 3.63) is 70.8 Å². The fraction of sp³-hybridized carbons (Fsp3) is 0.576. The van der Waals surface area contributed by atoms with Gasteiger partial charge in [-0.2, -0.15) is 0 Å². The number of likely N-dealkylation sites (tertiary alicyclic amines) is 1. The van der Waals surface area contributed by atoms with Crippen molar-refractivity contribution >= 4 is 35.0 Å². The van der Waals surface area contributed by atoms with Crippen molar-refractivity contribution < 1.29 is 9.59 Å². The van der Waals surface area contributed by atoms with E-state index in [-0.39, 0.29) is 29.2 Å². The van der Waals surface area contributed by atoms with Gasteiger partial charge in [0, 0.05) is 66.8 Å². The number of nitrogens with zero attached hydrogens (tertiary/aromatic N) is 3. The van der Waals surface area contributed by atoms with Gasteiger partial charge in [-0.05, 0) is 60.9 Å². The summed E-state index contributed by atoms with van der Waals surface area (Å²) in [6.07, 6.45) is 10.7. The predicted octanol–water partition coefficient (Wildman–Crippen LogP) is 4.92. The molecule has 3 aliphatic rings. The SMILES string of the molecule is C=C/C=C(Cl)\C=C/C[C@@]1(N)C(CC(C)(C)C)N[C@@H](C(=O)N2CCN(CC(=O)N3CCCC3)CC2)[C@@H]1c1cccc(Cl)c1. The zero-order valence-corrected chi connectivity index (χ0v) is 26.8. The summed E-state index contributed by atoms with van der Waals surface area (Å²) in [5.74, 6) is -0.0669. The molecule has 0 bridgehead atoms. The Hall–Kier alpha value is -2.16. The van der Waals surface area contributed by atoms with E-state index in [0.717, 1.165) is 37.9 Å². The Balaban J connectivity index is 1.58. The summed E-state index contributed by atoms with van der Waals surface area (Å²) in [7, 11) is 0. The Morgan fingerprint density at radius 1 is 1.12 bits per heavy atom. The lowest BCUT2D eigenvalue weighted by molar-refractivity contribution is -0.136. The van der Waals surface area contributed by atoms with E-state index in [4.69, 9.17) is 28.9 Å². The number of nitrogens with two attached hydrogens (primary N) is 1. The number of piperazine rings is 1. The van der Waals surface area contributed by atoms with Crippen molar-refractivity contribution in [2.75, 3.05) is 45.8 Å². The largest absolute Gasteiger partial charge is 0.342 e. The standard InChI is InChI=1S/C33H47Cl2N5O2/c1-5-10-25(34)13-9-14-33(36)27(22-32(2,3)4)37-30(29(33)24-11-8-12-26(35)21-24)31(42)40-19-17-38(18-20-40)23-28(41)39-15-6-7-16-39/h5,8-13,21,27,29-30,37H,1,6-7,14-20,22-23,36H2,2-4H3/b13-9-,25-10+/t27?,29-,30+,33+/m0/s1. The minimum atomic E-state index is -0.774. The predicted molar refractivity (Wildman–Crippen MR) is 173 cm³/mol. The minimum absolute atomic E-state index is 0.0171. The molecule has 1 unspecified atom stereocenters. The quantitative estimate of drug-likeness (QED) is 0.385. The lowest BCUT2D eigenvalue weighted by Gasteiger charge is -2.39. The fourth-order valence-electron chi connectivity index (χ4n) is 6.67. The number of carbonyl (C=O) groups is 2. The van der Waals surface area contributed by atoms with Crippen molar-refractivity contribution in [1.82, 2.24) is 20.0 Å². The third kappa shape index (κ3) is 8.06. The van der Waals surface area contributed by atoms with Gasteiger partial charge in [0.15, 0.2) is 0 Å². The molecule has 1 aromatic carbocycles. The number of rotatable bonds is 9. The maximum atomic E-state index is 14.3. The zero-order valence-electron chi connectivity index (χ0n) is 25.3. The van der Waals surface area contributed by atoms with E-state index >= 15 is 0 Å². The average Bonchev–Trinajstić information content (AvgIpc) is 3.55. The summed E-state index contributed by atoms with van der Waals surface area (Å²) in [4.78, 5) is 33.1. The molecule has 3 aliphatic heterocycles. The maximum Gasteiger partial charge on any atom is 0.240 e. The summed E-state index contributed by atoms with van der Waals surface area (Å²) in [5.41, 5.74) is 7.59. The minimum Gasteiger partial charge on any atom is -0.342 e.